The molecule has 1 aromatic heterocycles. The van der Waals surface area contributed by atoms with E-state index < -0.39 is 11.7 Å². The van der Waals surface area contributed by atoms with Crippen LogP contribution in [0, 0.1) is 5.92 Å². The predicted octanol–water partition coefficient (Wildman–Crippen LogP) is 2.27. The molecule has 0 bridgehead atoms. The molecule has 0 unspecified atom stereocenters. The Kier molecular flexibility index (Phi) is 4.41. The van der Waals surface area contributed by atoms with Gasteiger partial charge in [-0.05, 0) is 44.9 Å². The molecule has 114 valence electrons. The molecule has 1 atom stereocenters. The molecule has 1 aromatic rings. The third kappa shape index (κ3) is 4.35. The van der Waals surface area contributed by atoms with Gasteiger partial charge in [-0.2, -0.15) is 0 Å². The van der Waals surface area contributed by atoms with Gasteiger partial charge in [0.05, 0.1) is 5.92 Å². The fraction of sp³-hybridized carbons (Fsp3) is 0.500. The van der Waals surface area contributed by atoms with Crippen LogP contribution in [0.1, 0.15) is 26.3 Å². The maximum Gasteiger partial charge on any atom is 0.413 e. The fourth-order valence-corrected chi connectivity index (χ4v) is 2.35. The second-order valence-corrected chi connectivity index (χ2v) is 6.48. The molecule has 7 heteroatoms. The van der Waals surface area contributed by atoms with Crippen LogP contribution in [0.15, 0.2) is 18.3 Å². The van der Waals surface area contributed by atoms with Gasteiger partial charge >= 0.3 is 6.09 Å². The molecule has 1 fully saturated rings. The van der Waals surface area contributed by atoms with Gasteiger partial charge in [-0.15, -0.1) is 0 Å². The van der Waals surface area contributed by atoms with Gasteiger partial charge in [-0.25, -0.2) is 9.78 Å². The third-order valence-electron chi connectivity index (χ3n) is 2.93. The average molecular weight is 309 g/mol. The zero-order valence-corrected chi connectivity index (χ0v) is 13.2. The summed E-state index contributed by atoms with van der Waals surface area (Å²) in [6.07, 6.45) is 1.67. The molecule has 1 aliphatic heterocycles. The Morgan fingerprint density at radius 1 is 1.57 bits per heavy atom. The van der Waals surface area contributed by atoms with Crippen LogP contribution < -0.4 is 5.32 Å². The number of nitrogens with zero attached hydrogens (tertiary/aromatic N) is 2. The summed E-state index contributed by atoms with van der Waals surface area (Å²) in [5.41, 5.74) is 0.381. The maximum absolute atomic E-state index is 11.7. The summed E-state index contributed by atoms with van der Waals surface area (Å²) in [5, 5.41) is 2.59. The molecule has 0 radical (unpaired) electrons. The molecule has 1 saturated heterocycles. The number of nitrogens with one attached hydrogen (secondary N) is 1. The van der Waals surface area contributed by atoms with Gasteiger partial charge in [0.25, 0.3) is 0 Å². The highest BCUT2D eigenvalue weighted by Crippen LogP contribution is 2.24. The van der Waals surface area contributed by atoms with Gasteiger partial charge < -0.3 is 4.74 Å². The first-order chi connectivity index (χ1) is 9.74. The zero-order valence-electron chi connectivity index (χ0n) is 12.3. The van der Waals surface area contributed by atoms with Crippen molar-refractivity contribution in [2.75, 3.05) is 11.9 Å². The van der Waals surface area contributed by atoms with Crippen molar-refractivity contribution in [2.24, 2.45) is 5.92 Å². The first kappa shape index (κ1) is 15.6. The molecule has 6 nitrogen and oxygen atoms in total. The van der Waals surface area contributed by atoms with E-state index in [-0.39, 0.29) is 11.8 Å². The van der Waals surface area contributed by atoms with E-state index in [0.717, 1.165) is 5.56 Å². The van der Waals surface area contributed by atoms with Crippen molar-refractivity contribution < 1.29 is 14.3 Å². The minimum Gasteiger partial charge on any atom is -0.444 e. The molecule has 2 amide bonds. The Morgan fingerprint density at radius 3 is 2.86 bits per heavy atom. The Hall–Kier alpha value is -1.76. The normalized spacial score (nSPS) is 18.2. The number of hydrogen-bond acceptors (Lipinski definition) is 5. The first-order valence-electron chi connectivity index (χ1n) is 6.70. The van der Waals surface area contributed by atoms with E-state index in [1.807, 2.05) is 6.07 Å². The number of amides is 2. The van der Waals surface area contributed by atoms with Gasteiger partial charge in [0.15, 0.2) is 0 Å². The summed E-state index contributed by atoms with van der Waals surface area (Å²) >= 11 is 4.01. The smallest absolute Gasteiger partial charge is 0.413 e. The molecule has 0 aliphatic carbocycles. The maximum atomic E-state index is 11.7. The van der Waals surface area contributed by atoms with Crippen molar-refractivity contribution in [2.45, 2.75) is 32.8 Å². The summed E-state index contributed by atoms with van der Waals surface area (Å²) in [5.74, 6) is 0.396. The fourth-order valence-electron chi connectivity index (χ4n) is 1.99. The van der Waals surface area contributed by atoms with Crippen LogP contribution in [-0.4, -0.2) is 33.4 Å². The largest absolute Gasteiger partial charge is 0.444 e. The van der Waals surface area contributed by atoms with Crippen LogP contribution in [0.2, 0.25) is 0 Å². The molecule has 0 saturated carbocycles. The van der Waals surface area contributed by atoms with Crippen LogP contribution in [0.3, 0.4) is 0 Å². The van der Waals surface area contributed by atoms with Gasteiger partial charge in [0.2, 0.25) is 5.91 Å². The number of carbonyl (C=O) groups is 2. The van der Waals surface area contributed by atoms with E-state index in [1.165, 1.54) is 4.31 Å². The highest BCUT2D eigenvalue weighted by atomic mass is 32.1. The molecular weight excluding hydrogens is 290 g/mol. The van der Waals surface area contributed by atoms with Gasteiger partial charge in [-0.1, -0.05) is 12.8 Å². The van der Waals surface area contributed by atoms with Crippen molar-refractivity contribution in [1.82, 2.24) is 9.29 Å². The van der Waals surface area contributed by atoms with Gasteiger partial charge in [-0.3, -0.25) is 14.4 Å². The number of pyridine rings is 1. The number of β-lactam (4-membered cyclic amide) rings is 1. The van der Waals surface area contributed by atoms with E-state index in [4.69, 9.17) is 4.74 Å². The Bertz CT molecular complexity index is 557. The van der Waals surface area contributed by atoms with E-state index in [1.54, 1.807) is 33.0 Å². The molecular formula is C14H19N3O3S. The lowest BCUT2D eigenvalue weighted by molar-refractivity contribution is -0.139. The minimum atomic E-state index is -0.559. The summed E-state index contributed by atoms with van der Waals surface area (Å²) in [7, 11) is 0. The van der Waals surface area contributed by atoms with Crippen molar-refractivity contribution in [3.05, 3.63) is 23.9 Å². The molecule has 2 heterocycles. The Balaban J connectivity index is 1.95. The number of thiol groups is 1. The van der Waals surface area contributed by atoms with Gasteiger partial charge in [0, 0.05) is 12.7 Å². The predicted molar refractivity (Wildman–Crippen MR) is 82.0 cm³/mol. The summed E-state index contributed by atoms with van der Waals surface area (Å²) < 4.78 is 6.56. The number of rotatable bonds is 3. The molecule has 0 spiro atoms. The van der Waals surface area contributed by atoms with E-state index in [2.05, 4.69) is 23.1 Å². The number of anilines is 1. The third-order valence-corrected chi connectivity index (χ3v) is 3.29. The van der Waals surface area contributed by atoms with E-state index in [9.17, 15) is 9.59 Å². The highest BCUT2D eigenvalue weighted by molar-refractivity contribution is 7.78. The van der Waals surface area contributed by atoms with Crippen LogP contribution in [0.4, 0.5) is 10.6 Å². The standard InChI is InChI=1S/C14H19N3O3S/c1-14(2,3)20-13(19)16-11-7-9(4-5-15-11)6-10-8-17(21)12(10)18/h4-5,7,10,21H,6,8H2,1-3H3,(H,15,16,19)/t10-/m1/s1. The SMILES string of the molecule is CC(C)(C)OC(=O)Nc1cc(C[C@@H]2CN(S)C2=O)ccn1. The first-order valence-corrected chi connectivity index (χ1v) is 7.10. The zero-order chi connectivity index (χ0) is 15.6. The number of hydrogen-bond donors (Lipinski definition) is 2. The Morgan fingerprint density at radius 2 is 2.29 bits per heavy atom. The monoisotopic (exact) mass is 309 g/mol. The highest BCUT2D eigenvalue weighted by Gasteiger charge is 2.34. The van der Waals surface area contributed by atoms with Crippen molar-refractivity contribution in [1.29, 1.82) is 0 Å². The molecule has 0 aromatic carbocycles. The summed E-state index contributed by atoms with van der Waals surface area (Å²) in [6, 6.07) is 3.58. The number of aromatic nitrogens is 1. The second kappa shape index (κ2) is 5.93. The van der Waals surface area contributed by atoms with E-state index in [0.29, 0.717) is 18.8 Å². The van der Waals surface area contributed by atoms with Crippen molar-refractivity contribution >= 4 is 30.6 Å². The van der Waals surface area contributed by atoms with Crippen LogP contribution >= 0.6 is 12.8 Å². The Labute approximate surface area is 129 Å². The van der Waals surface area contributed by atoms with Crippen molar-refractivity contribution in [3.63, 3.8) is 0 Å². The van der Waals surface area contributed by atoms with Crippen LogP contribution in [0.5, 0.6) is 0 Å². The van der Waals surface area contributed by atoms with Crippen molar-refractivity contribution in [3.8, 4) is 0 Å². The number of ether oxygens (including phenoxy) is 1. The lowest BCUT2D eigenvalue weighted by atomic mass is 9.94. The number of carbonyl (C=O) groups excluding carboxylic acids is 2. The second-order valence-electron chi connectivity index (χ2n) is 6.00. The minimum absolute atomic E-state index is 0.0248. The lowest BCUT2D eigenvalue weighted by Gasteiger charge is -2.33. The lowest BCUT2D eigenvalue weighted by Crippen LogP contribution is -2.47. The topological polar surface area (TPSA) is 71.5 Å². The molecule has 2 rings (SSSR count). The average Bonchev–Trinajstić information content (AvgIpc) is 2.36. The molecule has 1 aliphatic rings. The molecule has 21 heavy (non-hydrogen) atoms. The summed E-state index contributed by atoms with van der Waals surface area (Å²) in [6.45, 7) is 6.02. The van der Waals surface area contributed by atoms with Crippen LogP contribution in [0.25, 0.3) is 0 Å². The van der Waals surface area contributed by atoms with Crippen LogP contribution in [-0.2, 0) is 16.0 Å². The quantitative estimate of drug-likeness (QED) is 0.664. The van der Waals surface area contributed by atoms with E-state index >= 15 is 0 Å². The summed E-state index contributed by atoms with van der Waals surface area (Å²) in [4.78, 5) is 27.3. The molecule has 1 N–H and O–H groups in total. The van der Waals surface area contributed by atoms with Gasteiger partial charge in [0.1, 0.15) is 11.4 Å².